The van der Waals surface area contributed by atoms with Crippen molar-refractivity contribution in [3.63, 3.8) is 0 Å². The Morgan fingerprint density at radius 3 is 3.13 bits per heavy atom. The zero-order valence-corrected chi connectivity index (χ0v) is 12.8. The van der Waals surface area contributed by atoms with E-state index < -0.39 is 0 Å². The van der Waals surface area contributed by atoms with Crippen LogP contribution in [-0.2, 0) is 13.6 Å². The lowest BCUT2D eigenvalue weighted by molar-refractivity contribution is 0.293. The van der Waals surface area contributed by atoms with Gasteiger partial charge < -0.3 is 9.15 Å². The second-order valence-electron chi connectivity index (χ2n) is 5.69. The van der Waals surface area contributed by atoms with E-state index in [2.05, 4.69) is 20.2 Å². The van der Waals surface area contributed by atoms with Crippen LogP contribution in [0.15, 0.2) is 47.5 Å². The van der Waals surface area contributed by atoms with Crippen molar-refractivity contribution in [3.8, 4) is 17.2 Å². The lowest BCUT2D eigenvalue weighted by atomic mass is 10.2. The van der Waals surface area contributed by atoms with Gasteiger partial charge in [-0.3, -0.25) is 9.58 Å². The zero-order valence-electron chi connectivity index (χ0n) is 12.8. The van der Waals surface area contributed by atoms with Gasteiger partial charge >= 0.3 is 0 Å². The highest BCUT2D eigenvalue weighted by Gasteiger charge is 2.34. The van der Waals surface area contributed by atoms with Gasteiger partial charge in [-0.1, -0.05) is 6.07 Å². The number of rotatable bonds is 6. The average Bonchev–Trinajstić information content (AvgIpc) is 2.93. The summed E-state index contributed by atoms with van der Waals surface area (Å²) in [5, 5.41) is 11.8. The number of aromatic nitrogens is 4. The van der Waals surface area contributed by atoms with Gasteiger partial charge in [0.05, 0.1) is 12.2 Å². The first kappa shape index (κ1) is 14.0. The van der Waals surface area contributed by atoms with Crippen molar-refractivity contribution < 1.29 is 9.15 Å². The first-order chi connectivity index (χ1) is 11.3. The van der Waals surface area contributed by atoms with Crippen LogP contribution in [0, 0.1) is 0 Å². The van der Waals surface area contributed by atoms with Crippen LogP contribution in [0.5, 0.6) is 5.75 Å². The van der Waals surface area contributed by atoms with Crippen LogP contribution < -0.4 is 4.74 Å². The van der Waals surface area contributed by atoms with Gasteiger partial charge in [0.15, 0.2) is 0 Å². The van der Waals surface area contributed by atoms with Crippen molar-refractivity contribution in [3.05, 3.63) is 48.6 Å². The molecule has 2 atom stereocenters. The lowest BCUT2D eigenvalue weighted by Gasteiger charge is -2.07. The second kappa shape index (κ2) is 5.85. The smallest absolute Gasteiger partial charge is 0.247 e. The fraction of sp³-hybridized carbons (Fsp3) is 0.312. The topological polar surface area (TPSA) is 69.0 Å². The maximum absolute atomic E-state index is 5.89. The van der Waals surface area contributed by atoms with Gasteiger partial charge in [0.25, 0.3) is 0 Å². The molecule has 2 aromatic heterocycles. The monoisotopic (exact) mass is 311 g/mol. The summed E-state index contributed by atoms with van der Waals surface area (Å²) in [6.45, 7) is 2.65. The van der Waals surface area contributed by atoms with E-state index in [-0.39, 0.29) is 0 Å². The first-order valence-electron chi connectivity index (χ1n) is 7.49. The standard InChI is InChI=1S/C16H17N5O2/c1-20-7-12(6-18-20)8-21-9-14(21)10-22-15-4-2-3-13(5-15)16-19-17-11-23-16/h2-7,11,14H,8-10H2,1H3. The number of ether oxygens (including phenoxy) is 1. The Kier molecular flexibility index (Phi) is 3.55. The van der Waals surface area contributed by atoms with Gasteiger partial charge in [0.2, 0.25) is 12.3 Å². The molecular weight excluding hydrogens is 294 g/mol. The average molecular weight is 311 g/mol. The molecule has 0 amide bonds. The van der Waals surface area contributed by atoms with E-state index >= 15 is 0 Å². The summed E-state index contributed by atoms with van der Waals surface area (Å²) in [6.07, 6.45) is 5.28. The molecule has 118 valence electrons. The van der Waals surface area contributed by atoms with Gasteiger partial charge in [0, 0.05) is 37.5 Å². The Morgan fingerprint density at radius 1 is 1.39 bits per heavy atom. The van der Waals surface area contributed by atoms with Gasteiger partial charge in [0.1, 0.15) is 12.4 Å². The summed E-state index contributed by atoms with van der Waals surface area (Å²) in [5.74, 6) is 1.31. The van der Waals surface area contributed by atoms with Crippen molar-refractivity contribution in [1.29, 1.82) is 0 Å². The molecule has 1 aliphatic heterocycles. The van der Waals surface area contributed by atoms with E-state index in [1.807, 2.05) is 48.4 Å². The molecule has 0 N–H and O–H groups in total. The van der Waals surface area contributed by atoms with Crippen molar-refractivity contribution in [1.82, 2.24) is 24.9 Å². The molecule has 2 unspecified atom stereocenters. The summed E-state index contributed by atoms with van der Waals surface area (Å²) in [7, 11) is 1.93. The number of hydrogen-bond donors (Lipinski definition) is 0. The van der Waals surface area contributed by atoms with Gasteiger partial charge in [-0.25, -0.2) is 0 Å². The molecule has 0 spiro atoms. The Hall–Kier alpha value is -2.67. The van der Waals surface area contributed by atoms with E-state index in [0.29, 0.717) is 18.5 Å². The predicted octanol–water partition coefficient (Wildman–Crippen LogP) is 1.73. The quantitative estimate of drug-likeness (QED) is 0.646. The molecule has 1 aliphatic rings. The van der Waals surface area contributed by atoms with Crippen LogP contribution in [0.4, 0.5) is 0 Å². The number of hydrogen-bond acceptors (Lipinski definition) is 6. The first-order valence-corrected chi connectivity index (χ1v) is 7.49. The summed E-state index contributed by atoms with van der Waals surface area (Å²) in [4.78, 5) is 2.36. The van der Waals surface area contributed by atoms with Gasteiger partial charge in [-0.05, 0) is 18.2 Å². The van der Waals surface area contributed by atoms with E-state index in [9.17, 15) is 0 Å². The highest BCUT2D eigenvalue weighted by Crippen LogP contribution is 2.25. The maximum Gasteiger partial charge on any atom is 0.247 e. The van der Waals surface area contributed by atoms with Crippen LogP contribution in [0.25, 0.3) is 11.5 Å². The molecule has 0 aliphatic carbocycles. The largest absolute Gasteiger partial charge is 0.492 e. The lowest BCUT2D eigenvalue weighted by Crippen LogP contribution is -2.10. The Balaban J connectivity index is 1.31. The summed E-state index contributed by atoms with van der Waals surface area (Å²) < 4.78 is 12.9. The predicted molar refractivity (Wildman–Crippen MR) is 82.6 cm³/mol. The van der Waals surface area contributed by atoms with Crippen molar-refractivity contribution >= 4 is 0 Å². The van der Waals surface area contributed by atoms with E-state index in [0.717, 1.165) is 24.4 Å². The minimum absolute atomic E-state index is 0.460. The van der Waals surface area contributed by atoms with Crippen LogP contribution in [-0.4, -0.2) is 44.1 Å². The van der Waals surface area contributed by atoms with Crippen LogP contribution in [0.2, 0.25) is 0 Å². The Bertz CT molecular complexity index is 783. The third-order valence-electron chi connectivity index (χ3n) is 3.86. The maximum atomic E-state index is 5.89. The molecule has 1 fully saturated rings. The zero-order chi connectivity index (χ0) is 15.6. The molecule has 1 saturated heterocycles. The molecule has 0 bridgehead atoms. The summed E-state index contributed by atoms with van der Waals surface area (Å²) in [5.41, 5.74) is 2.09. The van der Waals surface area contributed by atoms with Crippen molar-refractivity contribution in [2.24, 2.45) is 7.05 Å². The molecule has 7 heteroatoms. The fourth-order valence-corrected chi connectivity index (χ4v) is 2.57. The van der Waals surface area contributed by atoms with E-state index in [4.69, 9.17) is 9.15 Å². The van der Waals surface area contributed by atoms with Crippen LogP contribution in [0.3, 0.4) is 0 Å². The fourth-order valence-electron chi connectivity index (χ4n) is 2.57. The summed E-state index contributed by atoms with van der Waals surface area (Å²) >= 11 is 0. The number of nitrogens with zero attached hydrogens (tertiary/aromatic N) is 5. The molecule has 3 heterocycles. The van der Waals surface area contributed by atoms with Crippen LogP contribution >= 0.6 is 0 Å². The Morgan fingerprint density at radius 2 is 2.35 bits per heavy atom. The van der Waals surface area contributed by atoms with Crippen molar-refractivity contribution in [2.45, 2.75) is 12.6 Å². The van der Waals surface area contributed by atoms with E-state index in [1.54, 1.807) is 0 Å². The van der Waals surface area contributed by atoms with E-state index in [1.165, 1.54) is 12.0 Å². The molecule has 0 radical (unpaired) electrons. The highest BCUT2D eigenvalue weighted by molar-refractivity contribution is 5.55. The van der Waals surface area contributed by atoms with Gasteiger partial charge in [-0.2, -0.15) is 5.10 Å². The molecule has 1 aromatic carbocycles. The normalized spacial score (nSPS) is 19.7. The highest BCUT2D eigenvalue weighted by atomic mass is 16.5. The van der Waals surface area contributed by atoms with Crippen molar-refractivity contribution in [2.75, 3.05) is 13.2 Å². The minimum Gasteiger partial charge on any atom is -0.492 e. The molecule has 7 nitrogen and oxygen atoms in total. The molecule has 4 rings (SSSR count). The summed E-state index contributed by atoms with van der Waals surface area (Å²) in [6, 6.07) is 8.17. The Labute approximate surface area is 133 Å². The van der Waals surface area contributed by atoms with Crippen LogP contribution in [0.1, 0.15) is 5.56 Å². The molecule has 3 aromatic rings. The SMILES string of the molecule is Cn1cc(CN2CC2COc2cccc(-c3nnco3)c2)cn1. The third kappa shape index (κ3) is 3.24. The molecule has 23 heavy (non-hydrogen) atoms. The van der Waals surface area contributed by atoms with Gasteiger partial charge in [-0.15, -0.1) is 10.2 Å². The molecular formula is C16H17N5O2. The molecule has 0 saturated carbocycles. The minimum atomic E-state index is 0.460. The number of aryl methyl sites for hydroxylation is 1. The second-order valence-corrected chi connectivity index (χ2v) is 5.69. The third-order valence-corrected chi connectivity index (χ3v) is 3.86. The number of benzene rings is 1.